The Labute approximate surface area is 208 Å². The smallest absolute Gasteiger partial charge is 0.493 e. The molecule has 0 spiro atoms. The highest BCUT2D eigenvalue weighted by Crippen LogP contribution is 2.36. The van der Waals surface area contributed by atoms with Crippen LogP contribution in [0, 0.1) is 11.8 Å². The van der Waals surface area contributed by atoms with Crippen molar-refractivity contribution in [3.63, 3.8) is 0 Å². The zero-order valence-corrected chi connectivity index (χ0v) is 20.6. The summed E-state index contributed by atoms with van der Waals surface area (Å²) in [4.78, 5) is 24.2. The van der Waals surface area contributed by atoms with Crippen LogP contribution in [-0.2, 0) is 4.79 Å². The van der Waals surface area contributed by atoms with E-state index in [9.17, 15) is 22.8 Å². The van der Waals surface area contributed by atoms with Crippen molar-refractivity contribution in [2.24, 2.45) is 22.7 Å². The Bertz CT molecular complexity index is 1120. The van der Waals surface area contributed by atoms with Crippen molar-refractivity contribution >= 4 is 17.8 Å². The molecule has 3 unspecified atom stereocenters. The summed E-state index contributed by atoms with van der Waals surface area (Å²) >= 11 is 0. The van der Waals surface area contributed by atoms with E-state index in [4.69, 9.17) is 10.5 Å². The molecule has 0 saturated carbocycles. The number of Topliss-reactive ketones (excluding diaryl/α,β-unsaturated/α-hetero) is 1. The average Bonchev–Trinajstić information content (AvgIpc) is 2.86. The summed E-state index contributed by atoms with van der Waals surface area (Å²) in [6.45, 7) is 5.54. The number of methoxy groups -OCH3 is 1. The van der Waals surface area contributed by atoms with E-state index < -0.39 is 24.3 Å². The van der Waals surface area contributed by atoms with Crippen LogP contribution in [0.3, 0.4) is 0 Å². The number of carbonyl (C=O) groups is 2. The van der Waals surface area contributed by atoms with Crippen molar-refractivity contribution in [1.82, 2.24) is 5.01 Å². The molecule has 1 aliphatic rings. The van der Waals surface area contributed by atoms with Crippen LogP contribution in [0.25, 0.3) is 0 Å². The molecule has 2 aromatic rings. The minimum Gasteiger partial charge on any atom is -0.493 e. The summed E-state index contributed by atoms with van der Waals surface area (Å²) in [5.41, 5.74) is 8.57. The molecule has 194 valence electrons. The van der Waals surface area contributed by atoms with Crippen molar-refractivity contribution in [2.45, 2.75) is 52.2 Å². The minimum atomic E-state index is -4.90. The Balaban J connectivity index is 2.01. The van der Waals surface area contributed by atoms with Crippen LogP contribution in [0.5, 0.6) is 11.5 Å². The fraction of sp³-hybridized carbons (Fsp3) is 0.423. The van der Waals surface area contributed by atoms with Gasteiger partial charge in [-0.05, 0) is 36.6 Å². The molecule has 0 amide bonds. The summed E-state index contributed by atoms with van der Waals surface area (Å²) in [5.74, 6) is -0.905. The van der Waals surface area contributed by atoms with Crippen molar-refractivity contribution < 1.29 is 32.2 Å². The third-order valence-electron chi connectivity index (χ3n) is 6.16. The SMILES string of the molecule is CCC1CC(C=O)N(C(N)c2ccc(C(=O)C(C)C)cc2)N=C1c1ccc(OC)c(OC(F)(F)F)c1. The van der Waals surface area contributed by atoms with Gasteiger partial charge in [0.15, 0.2) is 17.3 Å². The second-order valence-corrected chi connectivity index (χ2v) is 8.91. The lowest BCUT2D eigenvalue weighted by Crippen LogP contribution is -2.46. The van der Waals surface area contributed by atoms with Gasteiger partial charge in [0, 0.05) is 23.0 Å². The summed E-state index contributed by atoms with van der Waals surface area (Å²) in [6.07, 6.45) is -3.95. The quantitative estimate of drug-likeness (QED) is 0.377. The Kier molecular flexibility index (Phi) is 8.39. The molecular formula is C26H30F3N3O4. The number of nitrogens with two attached hydrogens (primary N) is 1. The number of carbonyl (C=O) groups excluding carboxylic acids is 2. The van der Waals surface area contributed by atoms with Gasteiger partial charge in [0.2, 0.25) is 0 Å². The van der Waals surface area contributed by atoms with E-state index in [0.717, 1.165) is 6.29 Å². The maximum atomic E-state index is 13.0. The summed E-state index contributed by atoms with van der Waals surface area (Å²) in [7, 11) is 1.25. The van der Waals surface area contributed by atoms with E-state index in [1.165, 1.54) is 24.3 Å². The standard InChI is InChI=1S/C26H30F3N3O4/c1-5-16-12-20(14-33)32(25(30)18-8-6-17(7-9-18)24(34)15(2)3)31-23(16)19-10-11-21(35-4)22(13-19)36-26(27,28)29/h6-11,13-16,20,25H,5,12,30H2,1-4H3. The maximum absolute atomic E-state index is 13.0. The molecule has 1 aliphatic heterocycles. The van der Waals surface area contributed by atoms with E-state index >= 15 is 0 Å². The zero-order valence-electron chi connectivity index (χ0n) is 20.6. The zero-order chi connectivity index (χ0) is 26.6. The molecule has 2 aromatic carbocycles. The fourth-order valence-electron chi connectivity index (χ4n) is 4.20. The van der Waals surface area contributed by atoms with Crippen LogP contribution in [-0.4, -0.2) is 42.3 Å². The first-order chi connectivity index (χ1) is 17.0. The molecule has 36 heavy (non-hydrogen) atoms. The lowest BCUT2D eigenvalue weighted by molar-refractivity contribution is -0.275. The number of hydrogen-bond donors (Lipinski definition) is 1. The topological polar surface area (TPSA) is 94.2 Å². The number of nitrogens with zero attached hydrogens (tertiary/aromatic N) is 2. The van der Waals surface area contributed by atoms with Crippen LogP contribution >= 0.6 is 0 Å². The van der Waals surface area contributed by atoms with Gasteiger partial charge in [0.1, 0.15) is 18.5 Å². The number of ether oxygens (including phenoxy) is 2. The predicted molar refractivity (Wildman–Crippen MR) is 129 cm³/mol. The van der Waals surface area contributed by atoms with Gasteiger partial charge in [-0.15, -0.1) is 13.2 Å². The van der Waals surface area contributed by atoms with Crippen molar-refractivity contribution in [3.8, 4) is 11.5 Å². The number of rotatable bonds is 9. The van der Waals surface area contributed by atoms with Crippen LogP contribution in [0.1, 0.15) is 61.3 Å². The van der Waals surface area contributed by atoms with Gasteiger partial charge in [0.05, 0.1) is 12.8 Å². The Morgan fingerprint density at radius 2 is 1.86 bits per heavy atom. The number of benzene rings is 2. The highest BCUT2D eigenvalue weighted by Gasteiger charge is 2.36. The third kappa shape index (κ3) is 6.04. The molecule has 10 heteroatoms. The first-order valence-corrected chi connectivity index (χ1v) is 11.6. The number of hydrogen-bond acceptors (Lipinski definition) is 7. The molecular weight excluding hydrogens is 475 g/mol. The van der Waals surface area contributed by atoms with Crippen molar-refractivity contribution in [3.05, 3.63) is 59.2 Å². The van der Waals surface area contributed by atoms with Crippen molar-refractivity contribution in [2.75, 3.05) is 7.11 Å². The van der Waals surface area contributed by atoms with E-state index in [1.54, 1.807) is 30.3 Å². The molecule has 7 nitrogen and oxygen atoms in total. The maximum Gasteiger partial charge on any atom is 0.573 e. The lowest BCUT2D eigenvalue weighted by Gasteiger charge is -2.38. The molecule has 0 bridgehead atoms. The molecule has 0 aliphatic carbocycles. The van der Waals surface area contributed by atoms with Gasteiger partial charge in [-0.1, -0.05) is 45.0 Å². The third-order valence-corrected chi connectivity index (χ3v) is 6.16. The highest BCUT2D eigenvalue weighted by atomic mass is 19.4. The summed E-state index contributed by atoms with van der Waals surface area (Å²) in [6, 6.07) is 10.4. The van der Waals surface area contributed by atoms with Crippen molar-refractivity contribution in [1.29, 1.82) is 0 Å². The Hall–Kier alpha value is -3.40. The van der Waals surface area contributed by atoms with Gasteiger partial charge in [0.25, 0.3) is 0 Å². The number of hydrazone groups is 1. The molecule has 3 atom stereocenters. The van der Waals surface area contributed by atoms with Crippen LogP contribution in [0.15, 0.2) is 47.6 Å². The van der Waals surface area contributed by atoms with E-state index in [1.807, 2.05) is 20.8 Å². The summed E-state index contributed by atoms with van der Waals surface area (Å²) in [5, 5.41) is 6.12. The van der Waals surface area contributed by atoms with Crippen LogP contribution < -0.4 is 15.2 Å². The van der Waals surface area contributed by atoms with Gasteiger partial charge >= 0.3 is 6.36 Å². The first kappa shape index (κ1) is 27.2. The highest BCUT2D eigenvalue weighted by molar-refractivity contribution is 6.03. The molecule has 0 saturated heterocycles. The minimum absolute atomic E-state index is 0.00124. The Morgan fingerprint density at radius 3 is 2.39 bits per heavy atom. The number of aldehydes is 1. The van der Waals surface area contributed by atoms with Gasteiger partial charge in [-0.3, -0.25) is 9.80 Å². The van der Waals surface area contributed by atoms with Crippen LogP contribution in [0.2, 0.25) is 0 Å². The summed E-state index contributed by atoms with van der Waals surface area (Å²) < 4.78 is 48.0. The predicted octanol–water partition coefficient (Wildman–Crippen LogP) is 5.09. The number of halogens is 3. The molecule has 2 N–H and O–H groups in total. The van der Waals surface area contributed by atoms with Crippen LogP contribution in [0.4, 0.5) is 13.2 Å². The van der Waals surface area contributed by atoms with Gasteiger partial charge < -0.3 is 20.0 Å². The average molecular weight is 506 g/mol. The van der Waals surface area contributed by atoms with E-state index in [0.29, 0.717) is 35.2 Å². The monoisotopic (exact) mass is 505 g/mol. The Morgan fingerprint density at radius 1 is 1.19 bits per heavy atom. The van der Waals surface area contributed by atoms with E-state index in [2.05, 4.69) is 9.84 Å². The first-order valence-electron chi connectivity index (χ1n) is 11.6. The second kappa shape index (κ2) is 11.1. The molecule has 1 heterocycles. The molecule has 0 aromatic heterocycles. The number of alkyl halides is 3. The fourth-order valence-corrected chi connectivity index (χ4v) is 4.20. The number of ketones is 1. The lowest BCUT2D eigenvalue weighted by atomic mass is 9.87. The second-order valence-electron chi connectivity index (χ2n) is 8.91. The van der Waals surface area contributed by atoms with Gasteiger partial charge in [-0.25, -0.2) is 0 Å². The molecule has 3 rings (SSSR count). The van der Waals surface area contributed by atoms with E-state index in [-0.39, 0.29) is 23.4 Å². The molecule has 0 fully saturated rings. The van der Waals surface area contributed by atoms with Gasteiger partial charge in [-0.2, -0.15) is 5.10 Å². The molecule has 0 radical (unpaired) electrons. The largest absolute Gasteiger partial charge is 0.573 e. The normalized spacial score (nSPS) is 19.0.